The van der Waals surface area contributed by atoms with Crippen molar-refractivity contribution in [3.63, 3.8) is 0 Å². The Morgan fingerprint density at radius 1 is 1.43 bits per heavy atom. The second-order valence-electron chi connectivity index (χ2n) is 4.71. The molecule has 0 bridgehead atoms. The second kappa shape index (κ2) is 8.16. The van der Waals surface area contributed by atoms with E-state index in [2.05, 4.69) is 20.6 Å². The lowest BCUT2D eigenvalue weighted by Gasteiger charge is -2.10. The predicted octanol–water partition coefficient (Wildman–Crippen LogP) is 3.25. The van der Waals surface area contributed by atoms with Crippen LogP contribution in [0.4, 0.5) is 13.2 Å². The van der Waals surface area contributed by atoms with E-state index in [9.17, 15) is 13.2 Å². The number of rotatable bonds is 5. The Morgan fingerprint density at radius 3 is 2.67 bits per heavy atom. The van der Waals surface area contributed by atoms with E-state index in [0.29, 0.717) is 11.0 Å². The van der Waals surface area contributed by atoms with Crippen LogP contribution in [0.5, 0.6) is 0 Å². The number of aromatic nitrogens is 1. The highest BCUT2D eigenvalue weighted by atomic mass is 127. The third-order valence-corrected chi connectivity index (χ3v) is 3.86. The first kappa shape index (κ1) is 18.5. The molecule has 4 nitrogen and oxygen atoms in total. The molecule has 0 aromatic carbocycles. The highest BCUT2D eigenvalue weighted by Crippen LogP contribution is 2.31. The van der Waals surface area contributed by atoms with Gasteiger partial charge in [0.05, 0.1) is 6.54 Å². The molecule has 0 aliphatic heterocycles. The van der Waals surface area contributed by atoms with Crippen molar-refractivity contribution < 1.29 is 13.2 Å². The van der Waals surface area contributed by atoms with Gasteiger partial charge in [-0.2, -0.15) is 13.2 Å². The van der Waals surface area contributed by atoms with Gasteiger partial charge in [0.25, 0.3) is 0 Å². The molecule has 120 valence electrons. The van der Waals surface area contributed by atoms with Crippen molar-refractivity contribution >= 4 is 41.3 Å². The molecule has 2 N–H and O–H groups in total. The zero-order valence-corrected chi connectivity index (χ0v) is 14.7. The van der Waals surface area contributed by atoms with Crippen LogP contribution in [0.1, 0.15) is 30.0 Å². The molecule has 0 saturated heterocycles. The number of thiazole rings is 1. The third-order valence-electron chi connectivity index (χ3n) is 3.01. The topological polar surface area (TPSA) is 49.3 Å². The number of nitrogens with one attached hydrogen (secondary N) is 2. The van der Waals surface area contributed by atoms with E-state index >= 15 is 0 Å². The molecule has 0 unspecified atom stereocenters. The Bertz CT molecular complexity index is 471. The summed E-state index contributed by atoms with van der Waals surface area (Å²) in [4.78, 5) is 7.58. The summed E-state index contributed by atoms with van der Waals surface area (Å²) in [6.45, 7) is 1.07. The van der Waals surface area contributed by atoms with E-state index in [0.717, 1.165) is 35.6 Å². The van der Waals surface area contributed by atoms with E-state index in [1.807, 2.05) is 0 Å². The predicted molar refractivity (Wildman–Crippen MR) is 88.1 cm³/mol. The van der Waals surface area contributed by atoms with Crippen molar-refractivity contribution in [2.45, 2.75) is 32.0 Å². The first-order valence-corrected chi connectivity index (χ1v) is 7.33. The molecule has 0 spiro atoms. The molecule has 1 fully saturated rings. The summed E-state index contributed by atoms with van der Waals surface area (Å²) in [7, 11) is 1.63. The normalized spacial score (nSPS) is 15.5. The summed E-state index contributed by atoms with van der Waals surface area (Å²) in [5.41, 5.74) is -0.837. The van der Waals surface area contributed by atoms with Gasteiger partial charge < -0.3 is 10.6 Å². The molecule has 0 atom stereocenters. The number of halogens is 4. The zero-order valence-electron chi connectivity index (χ0n) is 11.5. The van der Waals surface area contributed by atoms with Gasteiger partial charge in [-0.3, -0.25) is 4.99 Å². The Balaban J connectivity index is 0.00000220. The Labute approximate surface area is 142 Å². The van der Waals surface area contributed by atoms with E-state index in [1.54, 1.807) is 7.05 Å². The molecule has 2 rings (SSSR count). The van der Waals surface area contributed by atoms with Gasteiger partial charge in [0.15, 0.2) is 11.7 Å². The molecular weight excluding hydrogens is 416 g/mol. The minimum atomic E-state index is -4.38. The molecule has 1 aromatic rings. The fourth-order valence-electron chi connectivity index (χ4n) is 1.70. The van der Waals surface area contributed by atoms with Crippen LogP contribution >= 0.6 is 35.3 Å². The van der Waals surface area contributed by atoms with Crippen LogP contribution in [0.25, 0.3) is 0 Å². The number of nitrogens with zero attached hydrogens (tertiary/aromatic N) is 2. The van der Waals surface area contributed by atoms with Crippen LogP contribution in [-0.4, -0.2) is 24.5 Å². The molecule has 21 heavy (non-hydrogen) atoms. The van der Waals surface area contributed by atoms with Crippen molar-refractivity contribution in [1.82, 2.24) is 15.6 Å². The van der Waals surface area contributed by atoms with Gasteiger partial charge in [-0.1, -0.05) is 12.8 Å². The van der Waals surface area contributed by atoms with Crippen LogP contribution in [0.3, 0.4) is 0 Å². The average molecular weight is 434 g/mol. The number of hydrogen-bond donors (Lipinski definition) is 2. The maximum Gasteiger partial charge on any atom is 0.434 e. The van der Waals surface area contributed by atoms with Crippen molar-refractivity contribution in [2.75, 3.05) is 13.6 Å². The molecule has 0 amide bonds. The fourth-order valence-corrected chi connectivity index (χ4v) is 2.44. The van der Waals surface area contributed by atoms with E-state index in [-0.39, 0.29) is 30.5 Å². The van der Waals surface area contributed by atoms with E-state index in [1.165, 1.54) is 12.8 Å². The highest BCUT2D eigenvalue weighted by Gasteiger charge is 2.33. The van der Waals surface area contributed by atoms with Crippen LogP contribution in [0, 0.1) is 5.92 Å². The zero-order chi connectivity index (χ0) is 14.6. The summed E-state index contributed by atoms with van der Waals surface area (Å²) in [5.74, 6) is 1.42. The lowest BCUT2D eigenvalue weighted by molar-refractivity contribution is -0.140. The molecule has 0 radical (unpaired) electrons. The van der Waals surface area contributed by atoms with Gasteiger partial charge in [0, 0.05) is 19.0 Å². The summed E-state index contributed by atoms with van der Waals surface area (Å²) in [5, 5.41) is 7.52. The first-order valence-electron chi connectivity index (χ1n) is 6.45. The van der Waals surface area contributed by atoms with Crippen molar-refractivity contribution in [2.24, 2.45) is 10.9 Å². The maximum atomic E-state index is 12.4. The van der Waals surface area contributed by atoms with Gasteiger partial charge in [0.1, 0.15) is 5.01 Å². The molecular formula is C12H18F3IN4S. The fraction of sp³-hybridized carbons (Fsp3) is 0.667. The molecule has 9 heteroatoms. The van der Waals surface area contributed by atoms with Gasteiger partial charge in [-0.25, -0.2) is 4.98 Å². The number of guanidine groups is 1. The van der Waals surface area contributed by atoms with Crippen LogP contribution in [-0.2, 0) is 12.7 Å². The molecule has 1 heterocycles. The Morgan fingerprint density at radius 2 is 2.14 bits per heavy atom. The molecule has 1 aliphatic rings. The summed E-state index contributed by atoms with van der Waals surface area (Å²) in [6, 6.07) is 0. The van der Waals surface area contributed by atoms with Gasteiger partial charge in [-0.15, -0.1) is 35.3 Å². The first-order chi connectivity index (χ1) is 9.49. The van der Waals surface area contributed by atoms with E-state index < -0.39 is 11.9 Å². The largest absolute Gasteiger partial charge is 0.434 e. The number of aliphatic imine (C=N–C) groups is 1. The van der Waals surface area contributed by atoms with Crippen molar-refractivity contribution in [1.29, 1.82) is 0 Å². The lowest BCUT2D eigenvalue weighted by Crippen LogP contribution is -2.37. The highest BCUT2D eigenvalue weighted by molar-refractivity contribution is 14.0. The van der Waals surface area contributed by atoms with Crippen LogP contribution in [0.15, 0.2) is 10.4 Å². The van der Waals surface area contributed by atoms with Crippen LogP contribution in [0.2, 0.25) is 0 Å². The summed E-state index contributed by atoms with van der Waals surface area (Å²) >= 11 is 0.991. The van der Waals surface area contributed by atoms with Crippen LogP contribution < -0.4 is 10.6 Å². The standard InChI is InChI=1S/C12H17F3N4S.HI/c1-16-11(17-5-4-8-2-3-8)18-6-10-19-9(7-20-10)12(13,14)15;/h7-8H,2-6H2,1H3,(H2,16,17,18);1H. The Kier molecular flexibility index (Phi) is 7.17. The summed E-state index contributed by atoms with van der Waals surface area (Å²) in [6.07, 6.45) is -0.671. The molecule has 1 aromatic heterocycles. The lowest BCUT2D eigenvalue weighted by atomic mass is 10.3. The quantitative estimate of drug-likeness (QED) is 0.425. The van der Waals surface area contributed by atoms with Gasteiger partial charge in [0.2, 0.25) is 0 Å². The smallest absolute Gasteiger partial charge is 0.356 e. The Hall–Kier alpha value is -0.580. The minimum Gasteiger partial charge on any atom is -0.356 e. The number of hydrogen-bond acceptors (Lipinski definition) is 3. The van der Waals surface area contributed by atoms with Gasteiger partial charge in [-0.05, 0) is 12.3 Å². The van der Waals surface area contributed by atoms with Crippen molar-refractivity contribution in [3.8, 4) is 0 Å². The van der Waals surface area contributed by atoms with Crippen molar-refractivity contribution in [3.05, 3.63) is 16.1 Å². The van der Waals surface area contributed by atoms with E-state index in [4.69, 9.17) is 0 Å². The average Bonchev–Trinajstić information content (AvgIpc) is 3.07. The molecule has 1 saturated carbocycles. The SMILES string of the molecule is CN=C(NCCC1CC1)NCc1nc(C(F)(F)F)cs1.I. The second-order valence-corrected chi connectivity index (χ2v) is 5.65. The molecule has 1 aliphatic carbocycles. The monoisotopic (exact) mass is 434 g/mol. The minimum absolute atomic E-state index is 0. The summed E-state index contributed by atoms with van der Waals surface area (Å²) < 4.78 is 37.2. The van der Waals surface area contributed by atoms with Gasteiger partial charge >= 0.3 is 6.18 Å². The third kappa shape index (κ3) is 6.37. The number of alkyl halides is 3. The maximum absolute atomic E-state index is 12.4.